The van der Waals surface area contributed by atoms with Gasteiger partial charge in [-0.3, -0.25) is 4.79 Å². The zero-order valence-electron chi connectivity index (χ0n) is 46.2. The van der Waals surface area contributed by atoms with Crippen molar-refractivity contribution >= 4 is 5.91 Å². The molecule has 11 nitrogen and oxygen atoms in total. The Morgan fingerprint density at radius 2 is 0.831 bits per heavy atom. The minimum atomic E-state index is -1.66. The highest BCUT2D eigenvalue weighted by Gasteiger charge is 2.44. The third-order valence-electron chi connectivity index (χ3n) is 15.1. The zero-order valence-corrected chi connectivity index (χ0v) is 46.2. The lowest BCUT2D eigenvalue weighted by atomic mass is 9.98. The van der Waals surface area contributed by atoms with Crippen molar-refractivity contribution in [3.8, 4) is 0 Å². The molecule has 0 spiro atoms. The smallest absolute Gasteiger partial charge is 0.249 e. The number of nitrogens with one attached hydrogen (secondary N) is 1. The number of allylic oxidation sites excluding steroid dienone is 2. The lowest BCUT2D eigenvalue weighted by molar-refractivity contribution is -0.303. The van der Waals surface area contributed by atoms with Crippen LogP contribution in [0.2, 0.25) is 0 Å². The largest absolute Gasteiger partial charge is 0.394 e. The first-order valence-electron chi connectivity index (χ1n) is 30.6. The molecule has 9 unspecified atom stereocenters. The topological polar surface area (TPSA) is 189 Å². The van der Waals surface area contributed by atoms with Crippen LogP contribution in [0.25, 0.3) is 0 Å². The van der Waals surface area contributed by atoms with Crippen molar-refractivity contribution in [2.45, 2.75) is 351 Å². The molecule has 422 valence electrons. The highest BCUT2D eigenvalue weighted by Crippen LogP contribution is 2.24. The Balaban J connectivity index is 2.06. The van der Waals surface area contributed by atoms with Crippen LogP contribution in [0.15, 0.2) is 12.2 Å². The van der Waals surface area contributed by atoms with Gasteiger partial charge in [-0.15, -0.1) is 0 Å². The first-order chi connectivity index (χ1) is 34.7. The van der Waals surface area contributed by atoms with Crippen LogP contribution in [0.1, 0.15) is 296 Å². The Morgan fingerprint density at radius 1 is 0.479 bits per heavy atom. The molecule has 0 saturated carbocycles. The second kappa shape index (κ2) is 49.7. The molecule has 71 heavy (non-hydrogen) atoms. The first-order valence-corrected chi connectivity index (χ1v) is 30.6. The van der Waals surface area contributed by atoms with E-state index in [0.29, 0.717) is 12.8 Å². The number of hydrogen-bond donors (Lipinski definition) is 8. The number of carbonyl (C=O) groups excluding carboxylic acids is 1. The molecule has 8 N–H and O–H groups in total. The Morgan fingerprint density at radius 3 is 1.21 bits per heavy atom. The highest BCUT2D eigenvalue weighted by atomic mass is 16.7. The quantitative estimate of drug-likeness (QED) is 0.0215. The van der Waals surface area contributed by atoms with Gasteiger partial charge in [-0.05, 0) is 38.5 Å². The summed E-state index contributed by atoms with van der Waals surface area (Å²) < 4.78 is 11.1. The van der Waals surface area contributed by atoms with Crippen LogP contribution in [0.3, 0.4) is 0 Å². The maximum atomic E-state index is 13.1. The molecule has 1 aliphatic heterocycles. The number of carbonyl (C=O) groups is 1. The van der Waals surface area contributed by atoms with Crippen LogP contribution in [0.4, 0.5) is 0 Å². The predicted octanol–water partition coefficient (Wildman–Crippen LogP) is 13.1. The van der Waals surface area contributed by atoms with Gasteiger partial charge in [-0.1, -0.05) is 270 Å². The monoisotopic (exact) mass is 1010 g/mol. The second-order valence-corrected chi connectivity index (χ2v) is 21.8. The lowest BCUT2D eigenvalue weighted by Crippen LogP contribution is -2.60. The van der Waals surface area contributed by atoms with E-state index in [4.69, 9.17) is 9.47 Å². The van der Waals surface area contributed by atoms with E-state index >= 15 is 0 Å². The fourth-order valence-electron chi connectivity index (χ4n) is 10.1. The molecule has 9 atom stereocenters. The van der Waals surface area contributed by atoms with Gasteiger partial charge in [0.05, 0.1) is 25.4 Å². The summed E-state index contributed by atoms with van der Waals surface area (Å²) in [6.45, 7) is 3.39. The molecule has 0 aromatic rings. The molecule has 1 saturated heterocycles. The van der Waals surface area contributed by atoms with Crippen molar-refractivity contribution in [2.75, 3.05) is 13.2 Å². The zero-order chi connectivity index (χ0) is 51.8. The van der Waals surface area contributed by atoms with Gasteiger partial charge in [0.15, 0.2) is 6.29 Å². The summed E-state index contributed by atoms with van der Waals surface area (Å²) in [4.78, 5) is 13.1. The molecule has 0 radical (unpaired) electrons. The normalized spacial score (nSPS) is 20.2. The Labute approximate surface area is 436 Å². The summed E-state index contributed by atoms with van der Waals surface area (Å²) in [5.41, 5.74) is 0. The molecule has 11 heteroatoms. The molecule has 1 rings (SSSR count). The van der Waals surface area contributed by atoms with Crippen molar-refractivity contribution in [1.82, 2.24) is 5.32 Å². The van der Waals surface area contributed by atoms with E-state index in [9.17, 15) is 40.5 Å². The molecule has 0 aromatic heterocycles. The third kappa shape index (κ3) is 38.1. The Bertz CT molecular complexity index is 1160. The SMILES string of the molecule is CCCCC/C=C/CCCC(O)C(O)C(COC1OC(CO)C(O)C(O)C1O)NC(=O)C(O)CCCCCCCCCCCCCCCCCCCCCCCCCCCCCCCCCCCCCC. The van der Waals surface area contributed by atoms with E-state index in [0.717, 1.165) is 44.9 Å². The van der Waals surface area contributed by atoms with E-state index in [1.807, 2.05) is 0 Å². The number of unbranched alkanes of at least 4 members (excludes halogenated alkanes) is 39. The number of hydrogen-bond acceptors (Lipinski definition) is 10. The summed E-state index contributed by atoms with van der Waals surface area (Å²) >= 11 is 0. The van der Waals surface area contributed by atoms with Gasteiger partial charge >= 0.3 is 0 Å². The highest BCUT2D eigenvalue weighted by molar-refractivity contribution is 5.80. The summed E-state index contributed by atoms with van der Waals surface area (Å²) in [5, 5.41) is 75.6. The van der Waals surface area contributed by atoms with Gasteiger partial charge in [-0.2, -0.15) is 0 Å². The summed E-state index contributed by atoms with van der Waals surface area (Å²) in [5.74, 6) is -0.704. The Hall–Kier alpha value is -1.15. The van der Waals surface area contributed by atoms with Gasteiger partial charge in [0.25, 0.3) is 0 Å². The average molecular weight is 1010 g/mol. The van der Waals surface area contributed by atoms with E-state index in [1.54, 1.807) is 0 Å². The molecular formula is C60H117NO10. The summed E-state index contributed by atoms with van der Waals surface area (Å²) in [7, 11) is 0. The van der Waals surface area contributed by atoms with Crippen LogP contribution < -0.4 is 5.32 Å². The standard InChI is InChI=1S/C60H117NO10/c1-3-5-7-9-11-13-14-15-16-17-18-19-20-21-22-23-24-25-26-27-28-29-30-31-32-33-34-35-36-37-38-39-40-42-44-46-48-53(64)59(69)61-51(50-70-60-58(68)57(67)56(66)54(49-62)71-60)55(65)52(63)47-45-43-41-12-10-8-6-4-2/h12,41,51-58,60,62-68H,3-11,13-40,42-50H2,1-2H3,(H,61,69)/b41-12+. The number of ether oxygens (including phenoxy) is 2. The third-order valence-corrected chi connectivity index (χ3v) is 15.1. The lowest BCUT2D eigenvalue weighted by Gasteiger charge is -2.40. The van der Waals surface area contributed by atoms with Crippen LogP contribution in [0, 0.1) is 0 Å². The fraction of sp³-hybridized carbons (Fsp3) is 0.950. The van der Waals surface area contributed by atoms with E-state index in [2.05, 4.69) is 31.3 Å². The van der Waals surface area contributed by atoms with Crippen molar-refractivity contribution in [3.05, 3.63) is 12.2 Å². The van der Waals surface area contributed by atoms with Gasteiger partial charge < -0.3 is 50.5 Å². The van der Waals surface area contributed by atoms with Crippen molar-refractivity contribution < 1.29 is 50.0 Å². The van der Waals surface area contributed by atoms with Gasteiger partial charge in [0, 0.05) is 0 Å². The number of rotatable bonds is 53. The molecule has 0 aromatic carbocycles. The van der Waals surface area contributed by atoms with Crippen molar-refractivity contribution in [3.63, 3.8) is 0 Å². The second-order valence-electron chi connectivity index (χ2n) is 21.8. The van der Waals surface area contributed by atoms with E-state index in [1.165, 1.54) is 212 Å². The fourth-order valence-corrected chi connectivity index (χ4v) is 10.1. The molecule has 1 heterocycles. The maximum absolute atomic E-state index is 13.1. The molecule has 1 aliphatic rings. The van der Waals surface area contributed by atoms with Crippen LogP contribution in [-0.2, 0) is 14.3 Å². The summed E-state index contributed by atoms with van der Waals surface area (Å²) in [6.07, 6.45) is 47.8. The van der Waals surface area contributed by atoms with E-state index < -0.39 is 74.2 Å². The minimum absolute atomic E-state index is 0.259. The molecular weight excluding hydrogens is 895 g/mol. The van der Waals surface area contributed by atoms with Crippen LogP contribution in [0.5, 0.6) is 0 Å². The summed E-state index contributed by atoms with van der Waals surface area (Å²) in [6, 6.07) is -1.18. The predicted molar refractivity (Wildman–Crippen MR) is 293 cm³/mol. The molecule has 0 bridgehead atoms. The number of aliphatic hydroxyl groups excluding tert-OH is 7. The minimum Gasteiger partial charge on any atom is -0.394 e. The van der Waals surface area contributed by atoms with Crippen molar-refractivity contribution in [1.29, 1.82) is 0 Å². The van der Waals surface area contributed by atoms with Gasteiger partial charge in [0.2, 0.25) is 5.91 Å². The van der Waals surface area contributed by atoms with Gasteiger partial charge in [-0.25, -0.2) is 0 Å². The average Bonchev–Trinajstić information content (AvgIpc) is 3.37. The van der Waals surface area contributed by atoms with Crippen LogP contribution in [-0.4, -0.2) is 110 Å². The Kier molecular flexibility index (Phi) is 47.5. The number of amides is 1. The van der Waals surface area contributed by atoms with Gasteiger partial charge in [0.1, 0.15) is 36.6 Å². The van der Waals surface area contributed by atoms with Crippen molar-refractivity contribution in [2.24, 2.45) is 0 Å². The number of aliphatic hydroxyl groups is 7. The van der Waals surface area contributed by atoms with Crippen LogP contribution >= 0.6 is 0 Å². The first kappa shape index (κ1) is 67.9. The maximum Gasteiger partial charge on any atom is 0.249 e. The van der Waals surface area contributed by atoms with E-state index in [-0.39, 0.29) is 12.8 Å². The molecule has 1 amide bonds. The molecule has 1 fully saturated rings. The molecule has 0 aliphatic carbocycles.